The van der Waals surface area contributed by atoms with E-state index in [-0.39, 0.29) is 0 Å². The number of anilines is 1. The van der Waals surface area contributed by atoms with Gasteiger partial charge >= 0.3 is 5.97 Å². The topological polar surface area (TPSA) is 40.5 Å². The molecule has 1 N–H and O–H groups in total. The third-order valence-corrected chi connectivity index (χ3v) is 2.90. The van der Waals surface area contributed by atoms with Gasteiger partial charge in [-0.05, 0) is 43.5 Å². The van der Waals surface area contributed by atoms with Crippen molar-refractivity contribution in [2.75, 3.05) is 18.0 Å². The van der Waals surface area contributed by atoms with E-state index in [0.717, 1.165) is 29.9 Å². The third kappa shape index (κ3) is 4.78. The van der Waals surface area contributed by atoms with E-state index in [4.69, 9.17) is 5.11 Å². The molecular formula is C16H23NO2. The lowest BCUT2D eigenvalue weighted by atomic mass is 10.1. The molecule has 3 heteroatoms. The van der Waals surface area contributed by atoms with Crippen LogP contribution in [0.5, 0.6) is 0 Å². The summed E-state index contributed by atoms with van der Waals surface area (Å²) >= 11 is 0. The Bertz CT molecular complexity index is 464. The number of nitrogens with zero attached hydrogens (tertiary/aromatic N) is 1. The Balaban J connectivity index is 3.13. The average molecular weight is 261 g/mol. The van der Waals surface area contributed by atoms with Gasteiger partial charge < -0.3 is 10.0 Å². The van der Waals surface area contributed by atoms with E-state index < -0.39 is 5.97 Å². The molecule has 1 aromatic rings. The molecule has 0 unspecified atom stereocenters. The summed E-state index contributed by atoms with van der Waals surface area (Å²) < 4.78 is 0. The van der Waals surface area contributed by atoms with Crippen LogP contribution >= 0.6 is 0 Å². The largest absolute Gasteiger partial charge is 0.478 e. The molecule has 0 aliphatic heterocycles. The fourth-order valence-corrected chi connectivity index (χ4v) is 2.10. The lowest BCUT2D eigenvalue weighted by Gasteiger charge is -2.27. The van der Waals surface area contributed by atoms with Gasteiger partial charge in [-0.3, -0.25) is 0 Å². The minimum Gasteiger partial charge on any atom is -0.478 e. The van der Waals surface area contributed by atoms with Crippen molar-refractivity contribution < 1.29 is 9.90 Å². The maximum absolute atomic E-state index is 10.7. The number of carboxylic acid groups (broad SMARTS) is 1. The summed E-state index contributed by atoms with van der Waals surface area (Å²) in [7, 11) is 0. The van der Waals surface area contributed by atoms with E-state index >= 15 is 0 Å². The maximum Gasteiger partial charge on any atom is 0.328 e. The van der Waals surface area contributed by atoms with Crippen LogP contribution in [-0.4, -0.2) is 24.2 Å². The first-order valence-electron chi connectivity index (χ1n) is 6.70. The minimum absolute atomic E-state index is 0.567. The van der Waals surface area contributed by atoms with Crippen molar-refractivity contribution in [2.24, 2.45) is 5.92 Å². The number of rotatable bonds is 6. The highest BCUT2D eigenvalue weighted by Gasteiger charge is 2.10. The Morgan fingerprint density at radius 3 is 2.63 bits per heavy atom. The van der Waals surface area contributed by atoms with E-state index in [0.29, 0.717) is 5.92 Å². The van der Waals surface area contributed by atoms with Crippen LogP contribution < -0.4 is 4.90 Å². The summed E-state index contributed by atoms with van der Waals surface area (Å²) in [6, 6.07) is 6.16. The Morgan fingerprint density at radius 1 is 1.42 bits per heavy atom. The van der Waals surface area contributed by atoms with E-state index in [1.807, 2.05) is 13.0 Å². The van der Waals surface area contributed by atoms with Crippen molar-refractivity contribution in [3.63, 3.8) is 0 Å². The number of hydrogen-bond acceptors (Lipinski definition) is 2. The first kappa shape index (κ1) is 15.3. The third-order valence-electron chi connectivity index (χ3n) is 2.90. The predicted octanol–water partition coefficient (Wildman–Crippen LogP) is 3.58. The van der Waals surface area contributed by atoms with Crippen molar-refractivity contribution in [2.45, 2.75) is 27.7 Å². The molecule has 1 rings (SSSR count). The van der Waals surface area contributed by atoms with E-state index in [9.17, 15) is 4.79 Å². The van der Waals surface area contributed by atoms with Gasteiger partial charge in [0.05, 0.1) is 0 Å². The Morgan fingerprint density at radius 2 is 2.11 bits per heavy atom. The monoisotopic (exact) mass is 261 g/mol. The van der Waals surface area contributed by atoms with Crippen LogP contribution in [0, 0.1) is 12.8 Å². The molecule has 0 aliphatic carbocycles. The van der Waals surface area contributed by atoms with Gasteiger partial charge in [-0.2, -0.15) is 0 Å². The molecule has 0 fully saturated rings. The van der Waals surface area contributed by atoms with Gasteiger partial charge in [-0.1, -0.05) is 25.5 Å². The van der Waals surface area contributed by atoms with Crippen LogP contribution in [0.1, 0.15) is 31.9 Å². The zero-order valence-corrected chi connectivity index (χ0v) is 12.2. The van der Waals surface area contributed by atoms with Gasteiger partial charge in [0, 0.05) is 24.9 Å². The molecule has 1 aromatic carbocycles. The molecule has 0 amide bonds. The van der Waals surface area contributed by atoms with E-state index in [1.54, 1.807) is 6.08 Å². The zero-order valence-electron chi connectivity index (χ0n) is 12.2. The molecule has 0 saturated carbocycles. The number of carboxylic acids is 1. The van der Waals surface area contributed by atoms with E-state index in [1.165, 1.54) is 6.08 Å². The van der Waals surface area contributed by atoms with E-state index in [2.05, 4.69) is 37.8 Å². The lowest BCUT2D eigenvalue weighted by Crippen LogP contribution is -2.27. The molecule has 0 aromatic heterocycles. The van der Waals surface area contributed by atoms with Crippen molar-refractivity contribution in [3.05, 3.63) is 35.4 Å². The number of benzene rings is 1. The molecule has 0 aliphatic rings. The number of aliphatic carboxylic acids is 1. The highest BCUT2D eigenvalue weighted by atomic mass is 16.4. The van der Waals surface area contributed by atoms with Gasteiger partial charge in [0.1, 0.15) is 0 Å². The molecule has 0 radical (unpaired) electrons. The molecular weight excluding hydrogens is 238 g/mol. The standard InChI is InChI=1S/C16H23NO2/c1-5-17(11-12(2)3)15-8-6-13(4)10-14(15)7-9-16(18)19/h6-10,12H,5,11H2,1-4H3,(H,18,19)/b9-7+. The van der Waals surface area contributed by atoms with Gasteiger partial charge in [0.25, 0.3) is 0 Å². The van der Waals surface area contributed by atoms with Crippen molar-refractivity contribution in [1.82, 2.24) is 0 Å². The summed E-state index contributed by atoms with van der Waals surface area (Å²) in [4.78, 5) is 13.0. The first-order valence-corrected chi connectivity index (χ1v) is 6.70. The molecule has 0 spiro atoms. The molecule has 19 heavy (non-hydrogen) atoms. The SMILES string of the molecule is CCN(CC(C)C)c1ccc(C)cc1/C=C/C(=O)O. The summed E-state index contributed by atoms with van der Waals surface area (Å²) in [5.74, 6) is -0.350. The number of aryl methyl sites for hydroxylation is 1. The molecule has 104 valence electrons. The second kappa shape index (κ2) is 6.98. The first-order chi connectivity index (χ1) is 8.93. The van der Waals surface area contributed by atoms with Crippen molar-refractivity contribution in [3.8, 4) is 0 Å². The quantitative estimate of drug-likeness (QED) is 0.796. The average Bonchev–Trinajstić information content (AvgIpc) is 2.33. The molecule has 0 atom stereocenters. The van der Waals surface area contributed by atoms with Crippen molar-refractivity contribution in [1.29, 1.82) is 0 Å². The number of hydrogen-bond donors (Lipinski definition) is 1. The van der Waals surface area contributed by atoms with Crippen molar-refractivity contribution >= 4 is 17.7 Å². The van der Waals surface area contributed by atoms with Gasteiger partial charge in [-0.25, -0.2) is 4.79 Å². The fraction of sp³-hybridized carbons (Fsp3) is 0.438. The minimum atomic E-state index is -0.917. The smallest absolute Gasteiger partial charge is 0.328 e. The molecule has 0 heterocycles. The summed E-state index contributed by atoms with van der Waals surface area (Å²) in [5.41, 5.74) is 3.19. The van der Waals surface area contributed by atoms with Crippen LogP contribution in [0.15, 0.2) is 24.3 Å². The predicted molar refractivity (Wildman–Crippen MR) is 80.6 cm³/mol. The molecule has 0 saturated heterocycles. The zero-order chi connectivity index (χ0) is 14.4. The second-order valence-corrected chi connectivity index (χ2v) is 5.17. The van der Waals surface area contributed by atoms with Gasteiger partial charge in [-0.15, -0.1) is 0 Å². The Labute approximate surface area is 115 Å². The van der Waals surface area contributed by atoms with Crippen LogP contribution in [0.2, 0.25) is 0 Å². The van der Waals surface area contributed by atoms with Crippen LogP contribution in [0.4, 0.5) is 5.69 Å². The Hall–Kier alpha value is -1.77. The van der Waals surface area contributed by atoms with Crippen LogP contribution in [0.3, 0.4) is 0 Å². The second-order valence-electron chi connectivity index (χ2n) is 5.17. The summed E-state index contributed by atoms with van der Waals surface area (Å²) in [6.45, 7) is 10.4. The summed E-state index contributed by atoms with van der Waals surface area (Å²) in [5, 5.41) is 8.78. The highest BCUT2D eigenvalue weighted by molar-refractivity contribution is 5.87. The highest BCUT2D eigenvalue weighted by Crippen LogP contribution is 2.24. The van der Waals surface area contributed by atoms with Gasteiger partial charge in [0.15, 0.2) is 0 Å². The number of carbonyl (C=O) groups is 1. The lowest BCUT2D eigenvalue weighted by molar-refractivity contribution is -0.131. The van der Waals surface area contributed by atoms with Crippen LogP contribution in [-0.2, 0) is 4.79 Å². The normalized spacial score (nSPS) is 11.2. The molecule has 3 nitrogen and oxygen atoms in total. The maximum atomic E-state index is 10.7. The van der Waals surface area contributed by atoms with Crippen LogP contribution in [0.25, 0.3) is 6.08 Å². The molecule has 0 bridgehead atoms. The van der Waals surface area contributed by atoms with Gasteiger partial charge in [0.2, 0.25) is 0 Å². The Kier molecular flexibility index (Phi) is 5.61. The fourth-order valence-electron chi connectivity index (χ4n) is 2.10. The summed E-state index contributed by atoms with van der Waals surface area (Å²) in [6.07, 6.45) is 2.87.